The number of urea groups is 4. The number of carbonyl (C=O) groups excluding carboxylic acids is 5. The van der Waals surface area contributed by atoms with Gasteiger partial charge in [-0.1, -0.05) is 207 Å². The van der Waals surface area contributed by atoms with Crippen molar-refractivity contribution in [3.63, 3.8) is 0 Å². The molecule has 3 N–H and O–H groups in total. The molecule has 29 heteroatoms. The number of hydrogen-bond donors (Lipinski definition) is 3. The molecule has 5 unspecified atom stereocenters. The summed E-state index contributed by atoms with van der Waals surface area (Å²) in [7, 11) is 0. The molecule has 12 aromatic carbocycles. The number of anilines is 8. The summed E-state index contributed by atoms with van der Waals surface area (Å²) in [6.45, 7) is 29.0. The minimum atomic E-state index is -1.68. The Kier molecular flexibility index (Phi) is 28.7. The molecule has 12 aromatic rings. The van der Waals surface area contributed by atoms with Crippen LogP contribution in [-0.4, -0.2) is 69.5 Å². The van der Waals surface area contributed by atoms with Gasteiger partial charge in [0, 0.05) is 84.5 Å². The van der Waals surface area contributed by atoms with E-state index in [2.05, 4.69) is 35.3 Å². The number of carbonyl (C=O) groups is 5. The fourth-order valence-corrected chi connectivity index (χ4v) is 19.9. The highest BCUT2D eigenvalue weighted by Gasteiger charge is 2.65. The van der Waals surface area contributed by atoms with Crippen LogP contribution >= 0.6 is 109 Å². The molecule has 4 aliphatic heterocycles. The molecule has 0 bridgehead atoms. The topological polar surface area (TPSA) is 189 Å². The zero-order valence-electron chi connectivity index (χ0n) is 71.0. The average molecular weight is 1990 g/mol. The van der Waals surface area contributed by atoms with E-state index in [-0.39, 0.29) is 53.7 Å². The van der Waals surface area contributed by atoms with Crippen molar-refractivity contribution in [2.45, 2.75) is 118 Å². The average Bonchev–Trinajstić information content (AvgIpc) is 1.56. The maximum absolute atomic E-state index is 14.0. The first-order valence-electron chi connectivity index (χ1n) is 43.0. The lowest BCUT2D eigenvalue weighted by molar-refractivity contribution is -0.119. The van der Waals surface area contributed by atoms with Crippen LogP contribution in [-0.2, 0) is 22.0 Å². The summed E-state index contributed by atoms with van der Waals surface area (Å²) >= 11 is 51.8. The van der Waals surface area contributed by atoms with Gasteiger partial charge in [-0.3, -0.25) is 39.1 Å². The molecular formula is C104H83BrCl8N12O8. The smallest absolute Gasteiger partial charge is 0.336 e. The largest absolute Gasteiger partial charge is 0.365 e. The zero-order chi connectivity index (χ0) is 93.7. The van der Waals surface area contributed by atoms with E-state index in [0.29, 0.717) is 125 Å². The van der Waals surface area contributed by atoms with Crippen LogP contribution in [0.25, 0.3) is 19.4 Å². The molecule has 8 aliphatic rings. The van der Waals surface area contributed by atoms with Crippen LogP contribution < -0.4 is 39.2 Å². The van der Waals surface area contributed by atoms with E-state index in [9.17, 15) is 39.3 Å². The molecular weight excluding hydrogens is 1910 g/mol. The van der Waals surface area contributed by atoms with Crippen LogP contribution in [0.5, 0.6) is 0 Å². The van der Waals surface area contributed by atoms with Crippen LogP contribution in [0.4, 0.5) is 87.4 Å². The number of halogens is 9. The van der Waals surface area contributed by atoms with E-state index in [1.165, 1.54) is 19.6 Å². The van der Waals surface area contributed by atoms with Crippen LogP contribution in [0.1, 0.15) is 93.7 Å². The van der Waals surface area contributed by atoms with Gasteiger partial charge in [0.1, 0.15) is 6.04 Å². The Morgan fingerprint density at radius 1 is 0.278 bits per heavy atom. The summed E-state index contributed by atoms with van der Waals surface area (Å²) in [6.07, 6.45) is 11.6. The quantitative estimate of drug-likeness (QED) is 0.0667. The van der Waals surface area contributed by atoms with Gasteiger partial charge in [0.05, 0.1) is 50.1 Å². The van der Waals surface area contributed by atoms with Gasteiger partial charge in [-0.05, 0) is 310 Å². The monoisotopic (exact) mass is 1990 g/mol. The minimum Gasteiger partial charge on any atom is -0.365 e. The Bertz CT molecular complexity index is 6050. The van der Waals surface area contributed by atoms with Gasteiger partial charge in [0.25, 0.3) is 5.91 Å². The highest BCUT2D eigenvalue weighted by molar-refractivity contribution is 9.10. The van der Waals surface area contributed by atoms with Crippen molar-refractivity contribution in [2.75, 3.05) is 39.2 Å². The second-order valence-corrected chi connectivity index (χ2v) is 37.8. The molecule has 133 heavy (non-hydrogen) atoms. The molecule has 4 saturated heterocycles. The van der Waals surface area contributed by atoms with E-state index in [4.69, 9.17) is 119 Å². The summed E-state index contributed by atoms with van der Waals surface area (Å²) in [6, 6.07) is 80.1. The van der Waals surface area contributed by atoms with Gasteiger partial charge in [-0.2, -0.15) is 0 Å². The second-order valence-electron chi connectivity index (χ2n) is 33.4. The maximum atomic E-state index is 14.0. The number of aliphatic hydroxyl groups is 3. The second kappa shape index (κ2) is 40.5. The molecule has 20 rings (SSSR count). The van der Waals surface area contributed by atoms with Crippen molar-refractivity contribution in [2.24, 2.45) is 23.7 Å². The first-order valence-corrected chi connectivity index (χ1v) is 46.9. The Balaban J connectivity index is 0.000000126. The highest BCUT2D eigenvalue weighted by Crippen LogP contribution is 2.56. The van der Waals surface area contributed by atoms with Crippen molar-refractivity contribution in [3.8, 4) is 0 Å². The van der Waals surface area contributed by atoms with Gasteiger partial charge in [0.15, 0.2) is 39.9 Å². The third-order valence-electron chi connectivity index (χ3n) is 25.7. The lowest BCUT2D eigenvalue weighted by atomic mass is 9.73. The van der Waals surface area contributed by atoms with E-state index < -0.39 is 41.3 Å². The third-order valence-corrected chi connectivity index (χ3v) is 28.2. The maximum Gasteiger partial charge on any atom is 0.336 e. The first kappa shape index (κ1) is 94.2. The van der Waals surface area contributed by atoms with Gasteiger partial charge in [-0.25, -0.2) is 43.5 Å². The molecule has 8 fully saturated rings. The molecule has 20 nitrogen and oxygen atoms in total. The van der Waals surface area contributed by atoms with Crippen molar-refractivity contribution in [3.05, 3.63) is 398 Å². The van der Waals surface area contributed by atoms with Crippen molar-refractivity contribution >= 4 is 207 Å². The summed E-state index contributed by atoms with van der Waals surface area (Å²) in [5.41, 5.74) is 3.16. The molecule has 0 spiro atoms. The number of hydrogen-bond acceptors (Lipinski definition) is 8. The van der Waals surface area contributed by atoms with E-state index in [1.54, 1.807) is 299 Å². The SMILES string of the molecule is O=C1C(C2CCC2)N(c2ccc(Cl)cc2)C(=O)N1c1ccc(Cl)cc1.[C-]#[N+]c1cccc(Br)c1.[C-]#[N+]c1cccc(C2(O)C(C3CCC3)N(c3ccc(Cl)cc3)C(=O)N2c2ccc(Cl)cc2)c1.[C-]#[N+]c1cccc(C2(O)[C@@H](C3CCC3)N(c3ccc(Cl)cc3)C(=O)N2c2ccc(Cl)cc2)c1.[C-]#[N+]c1cccc(C2(O)[C@H](C3CCC3)N(c3ccc(Cl)cc3)C(=O)N2c2ccc(Cl)cc2)c1. The number of rotatable bonds is 15. The fraction of sp³-hybridized carbons (Fsp3) is 0.221. The summed E-state index contributed by atoms with van der Waals surface area (Å²) in [5, 5.41) is 42.0. The summed E-state index contributed by atoms with van der Waals surface area (Å²) in [4.78, 5) is 94.4. The molecule has 0 radical (unpaired) electrons. The molecule has 4 heterocycles. The Morgan fingerprint density at radius 3 is 0.729 bits per heavy atom. The number of imide groups is 1. The van der Waals surface area contributed by atoms with Crippen molar-refractivity contribution < 1.29 is 39.3 Å². The van der Waals surface area contributed by atoms with Crippen molar-refractivity contribution in [1.82, 2.24) is 0 Å². The third kappa shape index (κ3) is 18.8. The Hall–Kier alpha value is -12.0. The van der Waals surface area contributed by atoms with E-state index in [1.807, 2.05) is 12.1 Å². The summed E-state index contributed by atoms with van der Waals surface area (Å²) < 4.78 is 0.955. The van der Waals surface area contributed by atoms with Gasteiger partial charge >= 0.3 is 24.1 Å². The number of benzene rings is 12. The first-order chi connectivity index (χ1) is 64.2. The molecule has 0 aromatic heterocycles. The predicted molar refractivity (Wildman–Crippen MR) is 533 cm³/mol. The number of amides is 9. The van der Waals surface area contributed by atoms with Crippen LogP contribution in [0.3, 0.4) is 0 Å². The minimum absolute atomic E-state index is 0.100. The van der Waals surface area contributed by atoms with E-state index >= 15 is 0 Å². The molecule has 9 amide bonds. The summed E-state index contributed by atoms with van der Waals surface area (Å²) in [5.74, 6) is 0.326. The standard InChI is InChI=1S/3C26H21Cl2N3O2.C19H16Cl2N2O2.C7H4BrN/c3*1-29-21-7-3-6-18(16-21)26(33)24(17-4-2-5-17)30(22-12-8-19(27)9-13-22)25(32)31(26)23-14-10-20(28)11-15-23;20-13-4-8-15(9-5-13)22-17(12-2-1-3-12)18(24)23(19(22)25)16-10-6-14(21)7-11-16;1-9-7-4-2-3-6(8)5-7/h3*3,6-17,24,33H,2,4-5H2;4-12,17H,1-3H2;2-5H/t2*24-,26?;;;/m10.../s1. The lowest BCUT2D eigenvalue weighted by Crippen LogP contribution is -2.54. The highest BCUT2D eigenvalue weighted by atomic mass is 79.9. The zero-order valence-corrected chi connectivity index (χ0v) is 78.6. The van der Waals surface area contributed by atoms with Crippen molar-refractivity contribution in [1.29, 1.82) is 0 Å². The molecule has 7 atom stereocenters. The van der Waals surface area contributed by atoms with Gasteiger partial charge in [0.2, 0.25) is 0 Å². The van der Waals surface area contributed by atoms with Crippen LogP contribution in [0.15, 0.2) is 296 Å². The molecule has 4 saturated carbocycles. The Morgan fingerprint density at radius 2 is 0.504 bits per heavy atom. The lowest BCUT2D eigenvalue weighted by Gasteiger charge is -2.44. The Labute approximate surface area is 819 Å². The van der Waals surface area contributed by atoms with Gasteiger partial charge in [-0.15, -0.1) is 0 Å². The predicted octanol–water partition coefficient (Wildman–Crippen LogP) is 29.1. The van der Waals surface area contributed by atoms with Gasteiger partial charge < -0.3 is 15.3 Å². The van der Waals surface area contributed by atoms with Crippen LogP contribution in [0, 0.1) is 50.0 Å². The normalized spacial score (nSPS) is 21.5. The van der Waals surface area contributed by atoms with Crippen LogP contribution in [0.2, 0.25) is 40.2 Å². The molecule has 670 valence electrons. The number of nitrogens with zero attached hydrogens (tertiary/aromatic N) is 12. The molecule has 4 aliphatic carbocycles. The van der Waals surface area contributed by atoms with E-state index in [0.717, 1.165) is 81.5 Å². The fourth-order valence-electron chi connectivity index (χ4n) is 18.5.